The van der Waals surface area contributed by atoms with Gasteiger partial charge in [-0.15, -0.1) is 12.4 Å². The number of amides is 2. The number of rotatable bonds is 5. The van der Waals surface area contributed by atoms with Crippen molar-refractivity contribution in [1.82, 2.24) is 10.6 Å². The fourth-order valence-corrected chi connectivity index (χ4v) is 1.37. The Hall–Kier alpha value is -1.59. The van der Waals surface area contributed by atoms with Gasteiger partial charge >= 0.3 is 0 Å². The van der Waals surface area contributed by atoms with Gasteiger partial charge in [-0.25, -0.2) is 0 Å². The molecule has 1 aromatic carbocycles. The maximum atomic E-state index is 11.5. The Balaban J connectivity index is 0.00000289. The molecule has 1 unspecified atom stereocenters. The van der Waals surface area contributed by atoms with Crippen LogP contribution in [0.3, 0.4) is 0 Å². The summed E-state index contributed by atoms with van der Waals surface area (Å²) in [4.78, 5) is 22.3. The van der Waals surface area contributed by atoms with Crippen LogP contribution in [-0.4, -0.2) is 24.9 Å². The quantitative estimate of drug-likeness (QED) is 0.723. The second-order valence-electron chi connectivity index (χ2n) is 3.68. The highest BCUT2D eigenvalue weighted by molar-refractivity contribution is 5.85. The van der Waals surface area contributed by atoms with Crippen LogP contribution in [0.25, 0.3) is 0 Å². The largest absolute Gasteiger partial charge is 0.348 e. The Morgan fingerprint density at radius 2 is 1.83 bits per heavy atom. The zero-order valence-corrected chi connectivity index (χ0v) is 11.0. The first-order chi connectivity index (χ1) is 8.13. The van der Waals surface area contributed by atoms with E-state index < -0.39 is 0 Å². The summed E-state index contributed by atoms with van der Waals surface area (Å²) in [5.41, 5.74) is 6.13. The lowest BCUT2D eigenvalue weighted by Gasteiger charge is -2.14. The molecule has 0 saturated heterocycles. The fourth-order valence-electron chi connectivity index (χ4n) is 1.37. The van der Waals surface area contributed by atoms with E-state index in [0.29, 0.717) is 0 Å². The van der Waals surface area contributed by atoms with Crippen molar-refractivity contribution < 1.29 is 9.59 Å². The summed E-state index contributed by atoms with van der Waals surface area (Å²) in [5, 5.41) is 5.19. The first-order valence-corrected chi connectivity index (χ1v) is 5.44. The zero-order valence-electron chi connectivity index (χ0n) is 10.2. The van der Waals surface area contributed by atoms with Gasteiger partial charge in [-0.1, -0.05) is 30.3 Å². The highest BCUT2D eigenvalue weighted by atomic mass is 35.5. The third kappa shape index (κ3) is 5.65. The van der Waals surface area contributed by atoms with Crippen LogP contribution >= 0.6 is 12.4 Å². The van der Waals surface area contributed by atoms with E-state index in [1.807, 2.05) is 37.3 Å². The van der Waals surface area contributed by atoms with Crippen LogP contribution in [0.5, 0.6) is 0 Å². The number of nitrogens with one attached hydrogen (secondary N) is 2. The van der Waals surface area contributed by atoms with Crippen molar-refractivity contribution in [3.8, 4) is 0 Å². The summed E-state index contributed by atoms with van der Waals surface area (Å²) in [6, 6.07) is 9.52. The van der Waals surface area contributed by atoms with Gasteiger partial charge in [0.2, 0.25) is 11.8 Å². The molecular formula is C12H18ClN3O2. The number of benzene rings is 1. The molecule has 1 aromatic rings. The fraction of sp³-hybridized carbons (Fsp3) is 0.333. The molecule has 1 atom stereocenters. The van der Waals surface area contributed by atoms with E-state index in [2.05, 4.69) is 10.6 Å². The van der Waals surface area contributed by atoms with Crippen molar-refractivity contribution in [2.24, 2.45) is 5.73 Å². The molecule has 0 heterocycles. The SMILES string of the molecule is CC(NC(=O)CNC(=O)CN)c1ccccc1.Cl. The molecule has 2 amide bonds. The molecule has 0 saturated carbocycles. The first-order valence-electron chi connectivity index (χ1n) is 5.44. The van der Waals surface area contributed by atoms with Gasteiger partial charge < -0.3 is 16.4 Å². The molecule has 0 fully saturated rings. The van der Waals surface area contributed by atoms with Crippen molar-refractivity contribution in [2.75, 3.05) is 13.1 Å². The maximum Gasteiger partial charge on any atom is 0.239 e. The molecule has 0 bridgehead atoms. The topological polar surface area (TPSA) is 84.2 Å². The average Bonchev–Trinajstić information content (AvgIpc) is 2.36. The number of carbonyl (C=O) groups excluding carboxylic acids is 2. The van der Waals surface area contributed by atoms with Gasteiger partial charge in [-0.2, -0.15) is 0 Å². The summed E-state index contributed by atoms with van der Waals surface area (Å²) in [7, 11) is 0. The van der Waals surface area contributed by atoms with E-state index in [4.69, 9.17) is 5.73 Å². The van der Waals surface area contributed by atoms with Gasteiger partial charge in [0.25, 0.3) is 0 Å². The number of hydrogen-bond donors (Lipinski definition) is 3. The molecule has 0 radical (unpaired) electrons. The second kappa shape index (κ2) is 8.49. The molecule has 4 N–H and O–H groups in total. The molecule has 0 aliphatic heterocycles. The first kappa shape index (κ1) is 16.4. The molecule has 0 aliphatic rings. The Morgan fingerprint density at radius 1 is 1.22 bits per heavy atom. The number of nitrogens with two attached hydrogens (primary N) is 1. The van der Waals surface area contributed by atoms with Gasteiger partial charge in [0.1, 0.15) is 0 Å². The highest BCUT2D eigenvalue weighted by Crippen LogP contribution is 2.10. The Kier molecular flexibility index (Phi) is 7.74. The Bertz CT molecular complexity index is 384. The zero-order chi connectivity index (χ0) is 12.7. The predicted molar refractivity (Wildman–Crippen MR) is 72.3 cm³/mol. The molecule has 6 heteroatoms. The minimum absolute atomic E-state index is 0. The summed E-state index contributed by atoms with van der Waals surface area (Å²) >= 11 is 0. The van der Waals surface area contributed by atoms with E-state index in [0.717, 1.165) is 5.56 Å². The molecule has 5 nitrogen and oxygen atoms in total. The van der Waals surface area contributed by atoms with Crippen molar-refractivity contribution in [3.05, 3.63) is 35.9 Å². The summed E-state index contributed by atoms with van der Waals surface area (Å²) in [6.45, 7) is 1.73. The number of carbonyl (C=O) groups is 2. The highest BCUT2D eigenvalue weighted by Gasteiger charge is 2.09. The van der Waals surface area contributed by atoms with Gasteiger partial charge in [-0.05, 0) is 12.5 Å². The minimum atomic E-state index is -0.340. The molecule has 100 valence electrons. The number of hydrogen-bond acceptors (Lipinski definition) is 3. The van der Waals surface area contributed by atoms with Crippen LogP contribution in [0, 0.1) is 0 Å². The molecule has 1 rings (SSSR count). The van der Waals surface area contributed by atoms with E-state index in [9.17, 15) is 9.59 Å². The van der Waals surface area contributed by atoms with Gasteiger partial charge in [0.05, 0.1) is 19.1 Å². The molecule has 18 heavy (non-hydrogen) atoms. The van der Waals surface area contributed by atoms with E-state index in [1.54, 1.807) is 0 Å². The van der Waals surface area contributed by atoms with Crippen molar-refractivity contribution in [2.45, 2.75) is 13.0 Å². The standard InChI is InChI=1S/C12H17N3O2.ClH/c1-9(10-5-3-2-4-6-10)15-12(17)8-14-11(16)7-13;/h2-6,9H,7-8,13H2,1H3,(H,14,16)(H,15,17);1H. The smallest absolute Gasteiger partial charge is 0.239 e. The van der Waals surface area contributed by atoms with Crippen LogP contribution in [0.4, 0.5) is 0 Å². The monoisotopic (exact) mass is 271 g/mol. The third-order valence-electron chi connectivity index (χ3n) is 2.31. The molecule has 0 aliphatic carbocycles. The predicted octanol–water partition coefficient (Wildman–Crippen LogP) is 0.361. The van der Waals surface area contributed by atoms with Crippen LogP contribution in [-0.2, 0) is 9.59 Å². The summed E-state index contributed by atoms with van der Waals surface area (Å²) in [5.74, 6) is -0.573. The van der Waals surface area contributed by atoms with Crippen LogP contribution in [0.2, 0.25) is 0 Å². The lowest BCUT2D eigenvalue weighted by molar-refractivity contribution is -0.125. The maximum absolute atomic E-state index is 11.5. The lowest BCUT2D eigenvalue weighted by atomic mass is 10.1. The molecule has 0 spiro atoms. The van der Waals surface area contributed by atoms with Gasteiger partial charge in [0, 0.05) is 0 Å². The third-order valence-corrected chi connectivity index (χ3v) is 2.31. The van der Waals surface area contributed by atoms with Crippen molar-refractivity contribution >= 4 is 24.2 Å². The Morgan fingerprint density at radius 3 is 2.39 bits per heavy atom. The van der Waals surface area contributed by atoms with Crippen molar-refractivity contribution in [1.29, 1.82) is 0 Å². The normalized spacial score (nSPS) is 11.0. The van der Waals surface area contributed by atoms with E-state index >= 15 is 0 Å². The van der Waals surface area contributed by atoms with E-state index in [-0.39, 0.29) is 43.4 Å². The average molecular weight is 272 g/mol. The van der Waals surface area contributed by atoms with Crippen molar-refractivity contribution in [3.63, 3.8) is 0 Å². The summed E-state index contributed by atoms with van der Waals surface area (Å²) in [6.07, 6.45) is 0. The van der Waals surface area contributed by atoms with Crippen LogP contribution < -0.4 is 16.4 Å². The van der Waals surface area contributed by atoms with Gasteiger partial charge in [-0.3, -0.25) is 9.59 Å². The van der Waals surface area contributed by atoms with E-state index in [1.165, 1.54) is 0 Å². The minimum Gasteiger partial charge on any atom is -0.348 e. The summed E-state index contributed by atoms with van der Waals surface area (Å²) < 4.78 is 0. The van der Waals surface area contributed by atoms with Gasteiger partial charge in [0.15, 0.2) is 0 Å². The second-order valence-corrected chi connectivity index (χ2v) is 3.68. The lowest BCUT2D eigenvalue weighted by Crippen LogP contribution is -2.40. The van der Waals surface area contributed by atoms with Crippen LogP contribution in [0.1, 0.15) is 18.5 Å². The van der Waals surface area contributed by atoms with Crippen LogP contribution in [0.15, 0.2) is 30.3 Å². The molecule has 0 aromatic heterocycles. The number of halogens is 1. The molecular weight excluding hydrogens is 254 g/mol. The Labute approximate surface area is 113 Å².